The van der Waals surface area contributed by atoms with E-state index in [4.69, 9.17) is 11.6 Å². The molecule has 0 unspecified atom stereocenters. The van der Waals surface area contributed by atoms with Crippen molar-refractivity contribution in [1.82, 2.24) is 9.88 Å². The highest BCUT2D eigenvalue weighted by atomic mass is 35.5. The standard InChI is InChI=1S/C21H27ClN2O/c1-14-4-8-18(9-5-14)23-13-21(25)20-12-15(2)24(16(20)3)19-10-6-17(22)7-11-19/h6-7,10-12,14,18,23H,4-5,8-9,13H2,1-3H3. The minimum atomic E-state index is 0.173. The first-order valence-electron chi connectivity index (χ1n) is 9.17. The lowest BCUT2D eigenvalue weighted by molar-refractivity contribution is 0.0983. The molecule has 3 nitrogen and oxygen atoms in total. The molecule has 134 valence electrons. The number of nitrogens with zero attached hydrogens (tertiary/aromatic N) is 1. The second-order valence-electron chi connectivity index (χ2n) is 7.36. The van der Waals surface area contributed by atoms with Gasteiger partial charge in [0, 0.05) is 33.7 Å². The van der Waals surface area contributed by atoms with Gasteiger partial charge in [-0.2, -0.15) is 0 Å². The molecule has 0 atom stereocenters. The number of carbonyl (C=O) groups is 1. The van der Waals surface area contributed by atoms with Crippen LogP contribution >= 0.6 is 11.6 Å². The first-order valence-corrected chi connectivity index (χ1v) is 9.55. The molecule has 1 aliphatic carbocycles. The Morgan fingerprint density at radius 1 is 1.16 bits per heavy atom. The van der Waals surface area contributed by atoms with Crippen molar-refractivity contribution >= 4 is 17.4 Å². The normalized spacial score (nSPS) is 20.6. The van der Waals surface area contributed by atoms with Crippen LogP contribution in [-0.2, 0) is 0 Å². The number of aryl methyl sites for hydroxylation is 1. The van der Waals surface area contributed by atoms with E-state index in [0.717, 1.165) is 28.6 Å². The van der Waals surface area contributed by atoms with Crippen molar-refractivity contribution in [2.45, 2.75) is 52.5 Å². The van der Waals surface area contributed by atoms with Crippen molar-refractivity contribution in [3.8, 4) is 5.69 Å². The number of hydrogen-bond acceptors (Lipinski definition) is 2. The van der Waals surface area contributed by atoms with Gasteiger partial charge in [0.2, 0.25) is 0 Å². The summed E-state index contributed by atoms with van der Waals surface area (Å²) in [6, 6.07) is 10.2. The van der Waals surface area contributed by atoms with E-state index in [2.05, 4.69) is 16.8 Å². The molecule has 0 spiro atoms. The molecule has 2 aromatic rings. The predicted octanol–water partition coefficient (Wildman–Crippen LogP) is 5.10. The topological polar surface area (TPSA) is 34.0 Å². The fraction of sp³-hybridized carbons (Fsp3) is 0.476. The SMILES string of the molecule is Cc1cc(C(=O)CNC2CCC(C)CC2)c(C)n1-c1ccc(Cl)cc1. The van der Waals surface area contributed by atoms with Gasteiger partial charge in [-0.05, 0) is 75.8 Å². The third kappa shape index (κ3) is 4.16. The minimum Gasteiger partial charge on any atom is -0.318 e. The van der Waals surface area contributed by atoms with Crippen LogP contribution in [0.1, 0.15) is 54.4 Å². The fourth-order valence-corrected chi connectivity index (χ4v) is 3.96. The van der Waals surface area contributed by atoms with Crippen molar-refractivity contribution in [1.29, 1.82) is 0 Å². The van der Waals surface area contributed by atoms with Gasteiger partial charge in [0.05, 0.1) is 6.54 Å². The Labute approximate surface area is 155 Å². The Morgan fingerprint density at radius 2 is 1.80 bits per heavy atom. The lowest BCUT2D eigenvalue weighted by Gasteiger charge is -2.26. The molecular weight excluding hydrogens is 332 g/mol. The van der Waals surface area contributed by atoms with Crippen LogP contribution in [0, 0.1) is 19.8 Å². The van der Waals surface area contributed by atoms with Crippen molar-refractivity contribution in [3.05, 3.63) is 52.3 Å². The third-order valence-corrected chi connectivity index (χ3v) is 5.64. The molecule has 1 heterocycles. The summed E-state index contributed by atoms with van der Waals surface area (Å²) in [5, 5.41) is 4.18. The van der Waals surface area contributed by atoms with E-state index < -0.39 is 0 Å². The molecule has 1 fully saturated rings. The Kier molecular flexibility index (Phi) is 5.65. The van der Waals surface area contributed by atoms with Crippen molar-refractivity contribution in [3.63, 3.8) is 0 Å². The number of rotatable bonds is 5. The van der Waals surface area contributed by atoms with Gasteiger partial charge in [-0.25, -0.2) is 0 Å². The number of benzene rings is 1. The molecule has 1 saturated carbocycles. The quantitative estimate of drug-likeness (QED) is 0.754. The molecule has 4 heteroatoms. The van der Waals surface area contributed by atoms with Gasteiger partial charge in [-0.1, -0.05) is 18.5 Å². The van der Waals surface area contributed by atoms with E-state index in [-0.39, 0.29) is 5.78 Å². The molecule has 1 N–H and O–H groups in total. The Hall–Kier alpha value is -1.58. The molecule has 1 aromatic heterocycles. The van der Waals surface area contributed by atoms with Crippen LogP contribution in [0.5, 0.6) is 0 Å². The zero-order valence-electron chi connectivity index (χ0n) is 15.3. The van der Waals surface area contributed by atoms with Gasteiger partial charge >= 0.3 is 0 Å². The summed E-state index contributed by atoms with van der Waals surface area (Å²) in [4.78, 5) is 12.7. The first kappa shape index (κ1) is 18.2. The Balaban J connectivity index is 1.71. The van der Waals surface area contributed by atoms with Gasteiger partial charge in [0.1, 0.15) is 0 Å². The second-order valence-corrected chi connectivity index (χ2v) is 7.79. The van der Waals surface area contributed by atoms with Gasteiger partial charge in [0.15, 0.2) is 5.78 Å². The van der Waals surface area contributed by atoms with Crippen molar-refractivity contribution in [2.75, 3.05) is 6.54 Å². The maximum atomic E-state index is 12.7. The highest BCUT2D eigenvalue weighted by Gasteiger charge is 2.20. The zero-order valence-corrected chi connectivity index (χ0v) is 16.1. The van der Waals surface area contributed by atoms with Crippen LogP contribution in [0.4, 0.5) is 0 Å². The van der Waals surface area contributed by atoms with Crippen LogP contribution in [0.3, 0.4) is 0 Å². The number of aromatic nitrogens is 1. The van der Waals surface area contributed by atoms with Gasteiger partial charge < -0.3 is 9.88 Å². The molecule has 3 rings (SSSR count). The van der Waals surface area contributed by atoms with Crippen LogP contribution < -0.4 is 5.32 Å². The highest BCUT2D eigenvalue weighted by Crippen LogP contribution is 2.24. The summed E-state index contributed by atoms with van der Waals surface area (Å²) >= 11 is 5.99. The molecule has 0 radical (unpaired) electrons. The summed E-state index contributed by atoms with van der Waals surface area (Å²) in [7, 11) is 0. The van der Waals surface area contributed by atoms with Gasteiger partial charge in [0.25, 0.3) is 0 Å². The predicted molar refractivity (Wildman–Crippen MR) is 104 cm³/mol. The van der Waals surface area contributed by atoms with Crippen LogP contribution in [0.15, 0.2) is 30.3 Å². The van der Waals surface area contributed by atoms with Crippen LogP contribution in [-0.4, -0.2) is 22.9 Å². The molecule has 1 aromatic carbocycles. The number of halogens is 1. The first-order chi connectivity index (χ1) is 12.0. The highest BCUT2D eigenvalue weighted by molar-refractivity contribution is 6.30. The molecular formula is C21H27ClN2O. The largest absolute Gasteiger partial charge is 0.318 e. The van der Waals surface area contributed by atoms with Crippen molar-refractivity contribution in [2.24, 2.45) is 5.92 Å². The summed E-state index contributed by atoms with van der Waals surface area (Å²) in [6.45, 7) is 6.78. The lowest BCUT2D eigenvalue weighted by Crippen LogP contribution is -2.36. The third-order valence-electron chi connectivity index (χ3n) is 5.38. The summed E-state index contributed by atoms with van der Waals surface area (Å²) in [5.41, 5.74) is 3.90. The molecule has 0 amide bonds. The fourth-order valence-electron chi connectivity index (χ4n) is 3.83. The monoisotopic (exact) mass is 358 g/mol. The summed E-state index contributed by atoms with van der Waals surface area (Å²) in [5.74, 6) is 0.999. The Bertz CT molecular complexity index is 740. The maximum Gasteiger partial charge on any atom is 0.178 e. The number of carbonyl (C=O) groups excluding carboxylic acids is 1. The summed E-state index contributed by atoms with van der Waals surface area (Å²) in [6.07, 6.45) is 4.88. The Morgan fingerprint density at radius 3 is 2.44 bits per heavy atom. The van der Waals surface area contributed by atoms with E-state index in [9.17, 15) is 4.79 Å². The van der Waals surface area contributed by atoms with Gasteiger partial charge in [-0.15, -0.1) is 0 Å². The second kappa shape index (κ2) is 7.76. The molecule has 1 aliphatic rings. The van der Waals surface area contributed by atoms with Crippen LogP contribution in [0.25, 0.3) is 5.69 Å². The number of hydrogen-bond donors (Lipinski definition) is 1. The van der Waals surface area contributed by atoms with Crippen molar-refractivity contribution < 1.29 is 4.79 Å². The van der Waals surface area contributed by atoms with Gasteiger partial charge in [-0.3, -0.25) is 4.79 Å². The number of nitrogens with one attached hydrogen (secondary N) is 1. The van der Waals surface area contributed by atoms with E-state index in [0.29, 0.717) is 17.6 Å². The molecule has 0 saturated heterocycles. The summed E-state index contributed by atoms with van der Waals surface area (Å²) < 4.78 is 2.12. The molecule has 0 bridgehead atoms. The van der Waals surface area contributed by atoms with Crippen LogP contribution in [0.2, 0.25) is 5.02 Å². The average Bonchev–Trinajstić information content (AvgIpc) is 2.90. The lowest BCUT2D eigenvalue weighted by atomic mass is 9.87. The molecule has 25 heavy (non-hydrogen) atoms. The number of Topliss-reactive ketones (excluding diaryl/α,β-unsaturated/α-hetero) is 1. The van der Waals surface area contributed by atoms with E-state index in [1.54, 1.807) is 0 Å². The molecule has 0 aliphatic heterocycles. The van der Waals surface area contributed by atoms with E-state index >= 15 is 0 Å². The van der Waals surface area contributed by atoms with E-state index in [1.165, 1.54) is 25.7 Å². The smallest absolute Gasteiger partial charge is 0.178 e. The number of ketones is 1. The zero-order chi connectivity index (χ0) is 18.0. The average molecular weight is 359 g/mol. The minimum absolute atomic E-state index is 0.173. The van der Waals surface area contributed by atoms with E-state index in [1.807, 2.05) is 44.2 Å². The maximum absolute atomic E-state index is 12.7.